The van der Waals surface area contributed by atoms with E-state index in [4.69, 9.17) is 5.73 Å². The Morgan fingerprint density at radius 1 is 1.19 bits per heavy atom. The van der Waals surface area contributed by atoms with Crippen LogP contribution >= 0.6 is 0 Å². The van der Waals surface area contributed by atoms with E-state index in [1.807, 2.05) is 24.5 Å². The van der Waals surface area contributed by atoms with Gasteiger partial charge < -0.3 is 10.6 Å². The van der Waals surface area contributed by atoms with Crippen molar-refractivity contribution in [2.24, 2.45) is 17.6 Å². The molecule has 1 unspecified atom stereocenters. The van der Waals surface area contributed by atoms with Crippen LogP contribution in [0.4, 0.5) is 0 Å². The van der Waals surface area contributed by atoms with Gasteiger partial charge in [-0.15, -0.1) is 0 Å². The number of rotatable bonds is 3. The average Bonchev–Trinajstić information content (AvgIpc) is 3.04. The molecule has 0 spiro atoms. The van der Waals surface area contributed by atoms with Crippen LogP contribution in [0.5, 0.6) is 0 Å². The number of hydrogen-bond donors (Lipinski definition) is 1. The van der Waals surface area contributed by atoms with E-state index in [0.29, 0.717) is 11.8 Å². The second kappa shape index (κ2) is 6.56. The van der Waals surface area contributed by atoms with Crippen LogP contribution in [0.15, 0.2) is 24.5 Å². The Morgan fingerprint density at radius 2 is 1.90 bits per heavy atom. The lowest BCUT2D eigenvalue weighted by Crippen LogP contribution is -2.38. The highest BCUT2D eigenvalue weighted by Gasteiger charge is 2.35. The summed E-state index contributed by atoms with van der Waals surface area (Å²) in [6, 6.07) is 4.34. The number of carbonyl (C=O) groups excluding carboxylic acids is 1. The number of nitrogens with two attached hydrogens (primary N) is 1. The topological polar surface area (TPSA) is 59.2 Å². The summed E-state index contributed by atoms with van der Waals surface area (Å²) in [6.45, 7) is 1.67. The largest absolute Gasteiger partial charge is 0.335 e. The molecule has 0 radical (unpaired) electrons. The van der Waals surface area contributed by atoms with Crippen molar-refractivity contribution in [2.45, 2.75) is 44.6 Å². The predicted octanol–water partition coefficient (Wildman–Crippen LogP) is 2.51. The van der Waals surface area contributed by atoms with Crippen LogP contribution in [-0.2, 0) is 4.79 Å². The molecule has 114 valence electrons. The molecule has 2 heterocycles. The fourth-order valence-electron chi connectivity index (χ4n) is 3.84. The minimum absolute atomic E-state index is 0.218. The summed E-state index contributed by atoms with van der Waals surface area (Å²) < 4.78 is 0. The predicted molar refractivity (Wildman–Crippen MR) is 82.4 cm³/mol. The Kier molecular flexibility index (Phi) is 4.54. The number of likely N-dealkylation sites (tertiary alicyclic amines) is 1. The SMILES string of the molecule is NCC1CCC(C(=O)N2CCCC2c2ccncc2)CC1. The molecular weight excluding hydrogens is 262 g/mol. The lowest BCUT2D eigenvalue weighted by atomic mass is 9.81. The third-order valence-electron chi connectivity index (χ3n) is 5.16. The van der Waals surface area contributed by atoms with Crippen LogP contribution in [0.25, 0.3) is 0 Å². The van der Waals surface area contributed by atoms with Gasteiger partial charge in [-0.25, -0.2) is 0 Å². The molecule has 4 nitrogen and oxygen atoms in total. The summed E-state index contributed by atoms with van der Waals surface area (Å²) >= 11 is 0. The fourth-order valence-corrected chi connectivity index (χ4v) is 3.84. The van der Waals surface area contributed by atoms with Crippen molar-refractivity contribution in [2.75, 3.05) is 13.1 Å². The van der Waals surface area contributed by atoms with Crippen molar-refractivity contribution >= 4 is 5.91 Å². The molecule has 2 N–H and O–H groups in total. The van der Waals surface area contributed by atoms with Crippen LogP contribution < -0.4 is 5.73 Å². The van der Waals surface area contributed by atoms with Gasteiger partial charge in [0.2, 0.25) is 5.91 Å². The maximum atomic E-state index is 12.9. The summed E-state index contributed by atoms with van der Waals surface area (Å²) in [6.07, 6.45) is 10.1. The first-order valence-corrected chi connectivity index (χ1v) is 8.20. The monoisotopic (exact) mass is 287 g/mol. The van der Waals surface area contributed by atoms with Gasteiger partial charge in [0.05, 0.1) is 6.04 Å². The second-order valence-electron chi connectivity index (χ2n) is 6.42. The molecule has 3 rings (SSSR count). The summed E-state index contributed by atoms with van der Waals surface area (Å²) in [5.41, 5.74) is 6.97. The Hall–Kier alpha value is -1.42. The van der Waals surface area contributed by atoms with Gasteiger partial charge in [-0.05, 0) is 68.7 Å². The summed E-state index contributed by atoms with van der Waals surface area (Å²) in [5, 5.41) is 0. The molecule has 1 aromatic rings. The fraction of sp³-hybridized carbons (Fsp3) is 0.647. The van der Waals surface area contributed by atoms with Gasteiger partial charge in [0, 0.05) is 24.9 Å². The van der Waals surface area contributed by atoms with E-state index in [-0.39, 0.29) is 12.0 Å². The average molecular weight is 287 g/mol. The Morgan fingerprint density at radius 3 is 2.57 bits per heavy atom. The molecule has 2 aliphatic rings. The molecule has 4 heteroatoms. The number of amides is 1. The van der Waals surface area contributed by atoms with E-state index in [1.54, 1.807) is 0 Å². The van der Waals surface area contributed by atoms with Crippen molar-refractivity contribution in [3.63, 3.8) is 0 Å². The van der Waals surface area contributed by atoms with Crippen molar-refractivity contribution in [1.29, 1.82) is 0 Å². The van der Waals surface area contributed by atoms with Crippen molar-refractivity contribution < 1.29 is 4.79 Å². The van der Waals surface area contributed by atoms with Gasteiger partial charge in [0.1, 0.15) is 0 Å². The second-order valence-corrected chi connectivity index (χ2v) is 6.42. The number of pyridine rings is 1. The first-order valence-electron chi connectivity index (χ1n) is 8.20. The van der Waals surface area contributed by atoms with Gasteiger partial charge in [-0.3, -0.25) is 9.78 Å². The van der Waals surface area contributed by atoms with E-state index in [1.165, 1.54) is 5.56 Å². The first-order chi connectivity index (χ1) is 10.3. The van der Waals surface area contributed by atoms with E-state index in [9.17, 15) is 4.79 Å². The smallest absolute Gasteiger partial charge is 0.226 e. The molecule has 0 bridgehead atoms. The lowest BCUT2D eigenvalue weighted by Gasteiger charge is -2.33. The van der Waals surface area contributed by atoms with E-state index in [0.717, 1.165) is 51.6 Å². The van der Waals surface area contributed by atoms with Crippen LogP contribution in [0, 0.1) is 11.8 Å². The molecule has 1 aliphatic heterocycles. The third-order valence-corrected chi connectivity index (χ3v) is 5.16. The van der Waals surface area contributed by atoms with E-state index >= 15 is 0 Å². The number of nitrogens with zero attached hydrogens (tertiary/aromatic N) is 2. The van der Waals surface area contributed by atoms with E-state index < -0.39 is 0 Å². The van der Waals surface area contributed by atoms with Gasteiger partial charge in [0.15, 0.2) is 0 Å². The number of aromatic nitrogens is 1. The molecule has 1 saturated heterocycles. The molecule has 1 atom stereocenters. The third kappa shape index (κ3) is 3.10. The van der Waals surface area contributed by atoms with Crippen molar-refractivity contribution in [3.05, 3.63) is 30.1 Å². The molecule has 2 fully saturated rings. The normalized spacial score (nSPS) is 29.6. The van der Waals surface area contributed by atoms with Crippen LogP contribution in [0.3, 0.4) is 0 Å². The maximum absolute atomic E-state index is 12.9. The molecule has 0 aromatic carbocycles. The highest BCUT2D eigenvalue weighted by Crippen LogP contribution is 2.36. The van der Waals surface area contributed by atoms with Gasteiger partial charge in [-0.1, -0.05) is 0 Å². The molecule has 21 heavy (non-hydrogen) atoms. The van der Waals surface area contributed by atoms with Crippen LogP contribution in [0.1, 0.15) is 50.1 Å². The molecule has 1 aliphatic carbocycles. The standard InChI is InChI=1S/C17H25N3O/c18-12-13-3-5-15(6-4-13)17(21)20-11-1-2-16(20)14-7-9-19-10-8-14/h7-10,13,15-16H,1-6,11-12,18H2. The van der Waals surface area contributed by atoms with Gasteiger partial charge in [0.25, 0.3) is 0 Å². The van der Waals surface area contributed by atoms with Crippen molar-refractivity contribution in [3.8, 4) is 0 Å². The lowest BCUT2D eigenvalue weighted by molar-refractivity contribution is -0.137. The highest BCUT2D eigenvalue weighted by molar-refractivity contribution is 5.79. The van der Waals surface area contributed by atoms with Crippen LogP contribution in [-0.4, -0.2) is 28.9 Å². The number of carbonyl (C=O) groups is 1. The minimum Gasteiger partial charge on any atom is -0.335 e. The number of hydrogen-bond acceptors (Lipinski definition) is 3. The maximum Gasteiger partial charge on any atom is 0.226 e. The summed E-state index contributed by atoms with van der Waals surface area (Å²) in [7, 11) is 0. The van der Waals surface area contributed by atoms with Gasteiger partial charge >= 0.3 is 0 Å². The summed E-state index contributed by atoms with van der Waals surface area (Å²) in [4.78, 5) is 19.1. The molecular formula is C17H25N3O. The molecule has 1 saturated carbocycles. The zero-order valence-corrected chi connectivity index (χ0v) is 12.6. The zero-order chi connectivity index (χ0) is 14.7. The highest BCUT2D eigenvalue weighted by atomic mass is 16.2. The Bertz CT molecular complexity index is 468. The zero-order valence-electron chi connectivity index (χ0n) is 12.6. The quantitative estimate of drug-likeness (QED) is 0.929. The Labute approximate surface area is 126 Å². The van der Waals surface area contributed by atoms with E-state index in [2.05, 4.69) is 9.88 Å². The molecule has 1 aromatic heterocycles. The first kappa shape index (κ1) is 14.5. The minimum atomic E-state index is 0.218. The molecule has 1 amide bonds. The van der Waals surface area contributed by atoms with Gasteiger partial charge in [-0.2, -0.15) is 0 Å². The summed E-state index contributed by atoms with van der Waals surface area (Å²) in [5.74, 6) is 1.21. The van der Waals surface area contributed by atoms with Crippen LogP contribution in [0.2, 0.25) is 0 Å². The Balaban J connectivity index is 1.67. The van der Waals surface area contributed by atoms with Crippen molar-refractivity contribution in [1.82, 2.24) is 9.88 Å².